The van der Waals surface area contributed by atoms with Crippen LogP contribution in [-0.2, 0) is 4.79 Å². The zero-order valence-corrected chi connectivity index (χ0v) is 12.3. The van der Waals surface area contributed by atoms with Crippen LogP contribution in [0, 0.1) is 6.92 Å². The number of rotatable bonds is 2. The van der Waals surface area contributed by atoms with Crippen LogP contribution < -0.4 is 10.2 Å². The summed E-state index contributed by atoms with van der Waals surface area (Å²) in [6.45, 7) is 2.69. The highest BCUT2D eigenvalue weighted by molar-refractivity contribution is 5.87. The molecule has 3 rings (SSSR count). The molecule has 1 spiro atoms. The van der Waals surface area contributed by atoms with Crippen LogP contribution in [0.4, 0.5) is 5.82 Å². The van der Waals surface area contributed by atoms with E-state index >= 15 is 0 Å². The van der Waals surface area contributed by atoms with E-state index in [0.29, 0.717) is 23.8 Å². The second-order valence-electron chi connectivity index (χ2n) is 5.96. The predicted octanol–water partition coefficient (Wildman–Crippen LogP) is 1.24. The average molecular weight is 288 g/mol. The van der Waals surface area contributed by atoms with E-state index in [1.165, 1.54) is 6.42 Å². The third kappa shape index (κ3) is 2.50. The van der Waals surface area contributed by atoms with Crippen LogP contribution >= 0.6 is 0 Å². The molecule has 0 radical (unpaired) electrons. The van der Waals surface area contributed by atoms with Crippen LogP contribution in [0.25, 0.3) is 0 Å². The normalized spacial score (nSPS) is 21.2. The molecular formula is C15H20N4O2. The fourth-order valence-corrected chi connectivity index (χ4v) is 3.45. The van der Waals surface area contributed by atoms with Crippen LogP contribution in [0.2, 0.25) is 0 Å². The molecule has 0 atom stereocenters. The Hall–Kier alpha value is -1.98. The highest BCUT2D eigenvalue weighted by Crippen LogP contribution is 2.37. The van der Waals surface area contributed by atoms with Crippen LogP contribution in [0.3, 0.4) is 0 Å². The van der Waals surface area contributed by atoms with Gasteiger partial charge in [-0.1, -0.05) is 19.3 Å². The summed E-state index contributed by atoms with van der Waals surface area (Å²) in [4.78, 5) is 33.8. The maximum absolute atomic E-state index is 11.9. The number of nitrogens with zero attached hydrogens (tertiary/aromatic N) is 3. The zero-order valence-electron chi connectivity index (χ0n) is 12.3. The van der Waals surface area contributed by atoms with Crippen LogP contribution in [0.1, 0.15) is 48.3 Å². The second kappa shape index (κ2) is 5.42. The van der Waals surface area contributed by atoms with Crippen LogP contribution in [0.5, 0.6) is 0 Å². The number of carbonyl (C=O) groups is 2. The largest absolute Gasteiger partial charge is 0.352 e. The Labute approximate surface area is 124 Å². The van der Waals surface area contributed by atoms with Gasteiger partial charge in [-0.25, -0.2) is 9.97 Å². The van der Waals surface area contributed by atoms with Gasteiger partial charge >= 0.3 is 0 Å². The first-order valence-corrected chi connectivity index (χ1v) is 7.48. The summed E-state index contributed by atoms with van der Waals surface area (Å²) in [5.41, 5.74) is 0.352. The topological polar surface area (TPSA) is 75.2 Å². The number of amides is 1. The Morgan fingerprint density at radius 2 is 2.10 bits per heavy atom. The van der Waals surface area contributed by atoms with Crippen molar-refractivity contribution >= 4 is 18.0 Å². The number of hydrogen-bond acceptors (Lipinski definition) is 5. The van der Waals surface area contributed by atoms with Gasteiger partial charge in [-0.15, -0.1) is 0 Å². The molecule has 2 heterocycles. The lowest BCUT2D eigenvalue weighted by Crippen LogP contribution is -2.64. The molecule has 1 aliphatic carbocycles. The summed E-state index contributed by atoms with van der Waals surface area (Å²) in [7, 11) is 0. The standard InChI is InChI=1S/C15H20N4O2/c1-11-16-7-12(9-20)14(18-11)19-8-13(21)17-10-15(19)5-3-2-4-6-15/h7,9H,2-6,8,10H2,1H3,(H,17,21). The molecule has 1 aromatic rings. The number of hydrogen-bond donors (Lipinski definition) is 1. The van der Waals surface area contributed by atoms with Crippen molar-refractivity contribution in [2.24, 2.45) is 0 Å². The molecule has 1 saturated heterocycles. The lowest BCUT2D eigenvalue weighted by atomic mass is 9.79. The number of nitrogens with one attached hydrogen (secondary N) is 1. The van der Waals surface area contributed by atoms with Gasteiger partial charge in [-0.2, -0.15) is 0 Å². The minimum absolute atomic E-state index is 0.0145. The van der Waals surface area contributed by atoms with E-state index in [-0.39, 0.29) is 18.0 Å². The Morgan fingerprint density at radius 1 is 1.33 bits per heavy atom. The summed E-state index contributed by atoms with van der Waals surface area (Å²) in [5.74, 6) is 1.21. The number of anilines is 1. The predicted molar refractivity (Wildman–Crippen MR) is 78.3 cm³/mol. The van der Waals surface area contributed by atoms with Gasteiger partial charge in [-0.3, -0.25) is 9.59 Å². The van der Waals surface area contributed by atoms with E-state index in [4.69, 9.17) is 0 Å². The Kier molecular flexibility index (Phi) is 3.61. The Morgan fingerprint density at radius 3 is 2.81 bits per heavy atom. The lowest BCUT2D eigenvalue weighted by molar-refractivity contribution is -0.121. The summed E-state index contributed by atoms with van der Waals surface area (Å²) in [5, 5.41) is 2.98. The Balaban J connectivity index is 2.05. The van der Waals surface area contributed by atoms with Crippen LogP contribution in [-0.4, -0.2) is 40.8 Å². The van der Waals surface area contributed by atoms with Crippen molar-refractivity contribution < 1.29 is 9.59 Å². The smallest absolute Gasteiger partial charge is 0.239 e. The van der Waals surface area contributed by atoms with Gasteiger partial charge in [-0.05, 0) is 19.8 Å². The second-order valence-corrected chi connectivity index (χ2v) is 5.96. The van der Waals surface area contributed by atoms with Gasteiger partial charge < -0.3 is 10.2 Å². The number of aldehydes is 1. The van der Waals surface area contributed by atoms with E-state index in [0.717, 1.165) is 32.0 Å². The molecule has 6 heteroatoms. The van der Waals surface area contributed by atoms with E-state index in [9.17, 15) is 9.59 Å². The number of aryl methyl sites for hydroxylation is 1. The quantitative estimate of drug-likeness (QED) is 0.829. The average Bonchev–Trinajstić information content (AvgIpc) is 2.51. The Bertz CT molecular complexity index is 567. The number of carbonyl (C=O) groups excluding carboxylic acids is 2. The third-order valence-corrected chi connectivity index (χ3v) is 4.57. The van der Waals surface area contributed by atoms with Gasteiger partial charge in [0.25, 0.3) is 0 Å². The fraction of sp³-hybridized carbons (Fsp3) is 0.600. The molecule has 0 unspecified atom stereocenters. The fourth-order valence-electron chi connectivity index (χ4n) is 3.45. The molecule has 1 saturated carbocycles. The molecule has 6 nitrogen and oxygen atoms in total. The van der Waals surface area contributed by atoms with Crippen molar-refractivity contribution in [3.05, 3.63) is 17.6 Å². The van der Waals surface area contributed by atoms with Crippen molar-refractivity contribution in [2.75, 3.05) is 18.0 Å². The van der Waals surface area contributed by atoms with Crippen molar-refractivity contribution in [1.82, 2.24) is 15.3 Å². The lowest BCUT2D eigenvalue weighted by Gasteiger charge is -2.50. The van der Waals surface area contributed by atoms with Crippen LogP contribution in [0.15, 0.2) is 6.20 Å². The number of aromatic nitrogens is 2. The first-order valence-electron chi connectivity index (χ1n) is 7.48. The minimum Gasteiger partial charge on any atom is -0.352 e. The molecular weight excluding hydrogens is 268 g/mol. The van der Waals surface area contributed by atoms with Gasteiger partial charge in [0.15, 0.2) is 6.29 Å². The summed E-state index contributed by atoms with van der Waals surface area (Å²) >= 11 is 0. The van der Waals surface area contributed by atoms with Gasteiger partial charge in [0.1, 0.15) is 11.6 Å². The molecule has 1 amide bonds. The van der Waals surface area contributed by atoms with Gasteiger partial charge in [0.2, 0.25) is 5.91 Å². The first kappa shape index (κ1) is 14.0. The summed E-state index contributed by atoms with van der Waals surface area (Å²) in [6, 6.07) is 0. The molecule has 0 aromatic carbocycles. The van der Waals surface area contributed by atoms with Crippen molar-refractivity contribution in [3.63, 3.8) is 0 Å². The molecule has 2 fully saturated rings. The summed E-state index contributed by atoms with van der Waals surface area (Å²) < 4.78 is 0. The molecule has 21 heavy (non-hydrogen) atoms. The SMILES string of the molecule is Cc1ncc(C=O)c(N2CC(=O)NCC23CCCCC3)n1. The maximum atomic E-state index is 11.9. The minimum atomic E-state index is -0.106. The molecule has 0 bridgehead atoms. The highest BCUT2D eigenvalue weighted by Gasteiger charge is 2.43. The summed E-state index contributed by atoms with van der Waals surface area (Å²) in [6.07, 6.45) is 7.89. The van der Waals surface area contributed by atoms with E-state index in [1.54, 1.807) is 13.1 Å². The molecule has 2 aliphatic rings. The molecule has 1 N–H and O–H groups in total. The zero-order chi connectivity index (χ0) is 14.9. The molecule has 1 aromatic heterocycles. The first-order chi connectivity index (χ1) is 10.1. The third-order valence-electron chi connectivity index (χ3n) is 4.57. The maximum Gasteiger partial charge on any atom is 0.239 e. The molecule has 1 aliphatic heterocycles. The van der Waals surface area contributed by atoms with Crippen molar-refractivity contribution in [1.29, 1.82) is 0 Å². The van der Waals surface area contributed by atoms with E-state index in [2.05, 4.69) is 15.3 Å². The van der Waals surface area contributed by atoms with E-state index < -0.39 is 0 Å². The van der Waals surface area contributed by atoms with Crippen molar-refractivity contribution in [2.45, 2.75) is 44.6 Å². The van der Waals surface area contributed by atoms with Gasteiger partial charge in [0, 0.05) is 12.7 Å². The van der Waals surface area contributed by atoms with E-state index in [1.807, 2.05) is 4.90 Å². The van der Waals surface area contributed by atoms with Crippen molar-refractivity contribution in [3.8, 4) is 0 Å². The highest BCUT2D eigenvalue weighted by atomic mass is 16.2. The number of piperazine rings is 1. The molecule has 112 valence electrons. The van der Waals surface area contributed by atoms with Gasteiger partial charge in [0.05, 0.1) is 17.6 Å². The monoisotopic (exact) mass is 288 g/mol.